The highest BCUT2D eigenvalue weighted by Gasteiger charge is 2.31. The SMILES string of the molecule is COc1nc(O[C@H]2CCc3c(-c4cccc5c4CC[C@@H]5Oc4ccc(CNCC(O)CC(=O)O)c(OC)n4)cccc32)ccc1CNCC(O)CC(=O)O. The molecule has 0 aliphatic heterocycles. The molecule has 0 saturated heterocycles. The minimum Gasteiger partial charge on any atom is -0.481 e. The Morgan fingerprint density at radius 3 is 1.50 bits per heavy atom. The van der Waals surface area contributed by atoms with E-state index in [-0.39, 0.29) is 38.1 Å². The molecule has 0 radical (unpaired) electrons. The summed E-state index contributed by atoms with van der Waals surface area (Å²) in [6, 6.07) is 20.0. The summed E-state index contributed by atoms with van der Waals surface area (Å²) in [7, 11) is 3.07. The molecular weight excluding hydrogens is 696 g/mol. The van der Waals surface area contributed by atoms with Gasteiger partial charge in [0.25, 0.3) is 0 Å². The van der Waals surface area contributed by atoms with Crippen molar-refractivity contribution in [2.45, 2.75) is 76.0 Å². The fourth-order valence-corrected chi connectivity index (χ4v) is 7.23. The van der Waals surface area contributed by atoms with Gasteiger partial charge in [0.15, 0.2) is 0 Å². The highest BCUT2D eigenvalue weighted by molar-refractivity contribution is 5.75. The number of pyridine rings is 2. The molecule has 0 bridgehead atoms. The number of aromatic nitrogens is 2. The average molecular weight is 743 g/mol. The number of carboxylic acids is 2. The number of fused-ring (bicyclic) bond motifs is 2. The van der Waals surface area contributed by atoms with Crippen molar-refractivity contribution in [3.05, 3.63) is 94.0 Å². The van der Waals surface area contributed by atoms with Crippen molar-refractivity contribution in [2.24, 2.45) is 0 Å². The maximum absolute atomic E-state index is 10.8. The highest BCUT2D eigenvalue weighted by atomic mass is 16.5. The average Bonchev–Trinajstić information content (AvgIpc) is 3.76. The molecule has 6 rings (SSSR count). The molecule has 0 amide bonds. The Hall–Kier alpha value is -5.28. The third kappa shape index (κ3) is 9.26. The van der Waals surface area contributed by atoms with Gasteiger partial charge in [0.2, 0.25) is 23.5 Å². The van der Waals surface area contributed by atoms with Gasteiger partial charge < -0.3 is 50.0 Å². The van der Waals surface area contributed by atoms with Crippen molar-refractivity contribution < 1.29 is 49.0 Å². The first-order chi connectivity index (χ1) is 26.1. The molecule has 0 spiro atoms. The minimum absolute atomic E-state index is 0.125. The molecule has 0 saturated carbocycles. The van der Waals surface area contributed by atoms with Gasteiger partial charge in [-0.25, -0.2) is 0 Å². The van der Waals surface area contributed by atoms with Crippen LogP contribution >= 0.6 is 0 Å². The van der Waals surface area contributed by atoms with Crippen LogP contribution in [0.25, 0.3) is 11.1 Å². The number of rotatable bonds is 19. The van der Waals surface area contributed by atoms with E-state index in [1.165, 1.54) is 36.5 Å². The van der Waals surface area contributed by atoms with Crippen LogP contribution in [0.15, 0.2) is 60.7 Å². The third-order valence-electron chi connectivity index (χ3n) is 9.67. The third-order valence-corrected chi connectivity index (χ3v) is 9.67. The summed E-state index contributed by atoms with van der Waals surface area (Å²) in [5.41, 5.74) is 8.62. The molecule has 2 aromatic heterocycles. The maximum Gasteiger partial charge on any atom is 0.306 e. The Labute approximate surface area is 313 Å². The largest absolute Gasteiger partial charge is 0.481 e. The summed E-state index contributed by atoms with van der Waals surface area (Å²) >= 11 is 0. The topological polar surface area (TPSA) is 202 Å². The second-order valence-corrected chi connectivity index (χ2v) is 13.4. The van der Waals surface area contributed by atoms with Gasteiger partial charge in [-0.3, -0.25) is 9.59 Å². The zero-order valence-electron chi connectivity index (χ0n) is 30.3. The summed E-state index contributed by atoms with van der Waals surface area (Å²) in [5.74, 6) is -0.450. The first-order valence-corrected chi connectivity index (χ1v) is 18.0. The van der Waals surface area contributed by atoms with E-state index in [2.05, 4.69) is 57.0 Å². The van der Waals surface area contributed by atoms with E-state index in [1.807, 2.05) is 12.1 Å². The number of carbonyl (C=O) groups is 2. The predicted octanol–water partition coefficient (Wildman–Crippen LogP) is 4.14. The van der Waals surface area contributed by atoms with Crippen LogP contribution in [-0.2, 0) is 35.5 Å². The Balaban J connectivity index is 1.12. The molecule has 14 nitrogen and oxygen atoms in total. The van der Waals surface area contributed by atoms with Crippen LogP contribution < -0.4 is 29.6 Å². The number of aliphatic hydroxyl groups is 2. The lowest BCUT2D eigenvalue weighted by Gasteiger charge is -2.18. The van der Waals surface area contributed by atoms with Crippen LogP contribution in [0, 0.1) is 0 Å². The fourth-order valence-electron chi connectivity index (χ4n) is 7.23. The molecule has 2 aliphatic carbocycles. The highest BCUT2D eigenvalue weighted by Crippen LogP contribution is 2.45. The maximum atomic E-state index is 10.8. The van der Waals surface area contributed by atoms with E-state index in [0.29, 0.717) is 36.6 Å². The Bertz CT molecular complexity index is 1820. The Morgan fingerprint density at radius 1 is 0.685 bits per heavy atom. The van der Waals surface area contributed by atoms with Gasteiger partial charge in [0.05, 0.1) is 39.3 Å². The van der Waals surface area contributed by atoms with Gasteiger partial charge in [0.1, 0.15) is 12.2 Å². The van der Waals surface area contributed by atoms with Crippen LogP contribution in [0.3, 0.4) is 0 Å². The molecule has 2 aliphatic rings. The van der Waals surface area contributed by atoms with Crippen LogP contribution in [-0.4, -0.2) is 81.8 Å². The van der Waals surface area contributed by atoms with Crippen molar-refractivity contribution in [3.63, 3.8) is 0 Å². The van der Waals surface area contributed by atoms with E-state index in [4.69, 9.17) is 29.2 Å². The number of carboxylic acid groups (broad SMARTS) is 2. The van der Waals surface area contributed by atoms with Gasteiger partial charge in [-0.1, -0.05) is 36.4 Å². The molecule has 14 heteroatoms. The van der Waals surface area contributed by atoms with Crippen LogP contribution in [0.1, 0.15) is 71.3 Å². The second-order valence-electron chi connectivity index (χ2n) is 13.4. The molecule has 6 N–H and O–H groups in total. The zero-order chi connectivity index (χ0) is 38.2. The lowest BCUT2D eigenvalue weighted by atomic mass is 9.91. The number of hydrogen-bond acceptors (Lipinski definition) is 12. The van der Waals surface area contributed by atoms with Crippen molar-refractivity contribution in [1.82, 2.24) is 20.6 Å². The van der Waals surface area contributed by atoms with Crippen LogP contribution in [0.2, 0.25) is 0 Å². The minimum atomic E-state index is -1.06. The van der Waals surface area contributed by atoms with Gasteiger partial charge in [0, 0.05) is 49.4 Å². The molecule has 4 atom stereocenters. The molecule has 0 fully saturated rings. The quantitative estimate of drug-likeness (QED) is 0.0800. The molecule has 4 aromatic rings. The number of aliphatic hydroxyl groups excluding tert-OH is 2. The summed E-state index contributed by atoms with van der Waals surface area (Å²) in [4.78, 5) is 30.8. The Kier molecular flexibility index (Phi) is 12.6. The first kappa shape index (κ1) is 38.4. The van der Waals surface area contributed by atoms with Gasteiger partial charge in [-0.15, -0.1) is 0 Å². The lowest BCUT2D eigenvalue weighted by Crippen LogP contribution is -2.28. The lowest BCUT2D eigenvalue weighted by molar-refractivity contribution is -0.140. The van der Waals surface area contributed by atoms with E-state index < -0.39 is 24.1 Å². The van der Waals surface area contributed by atoms with Crippen molar-refractivity contribution >= 4 is 11.9 Å². The van der Waals surface area contributed by atoms with Crippen LogP contribution in [0.4, 0.5) is 0 Å². The summed E-state index contributed by atoms with van der Waals surface area (Å²) in [6.07, 6.45) is 0.259. The summed E-state index contributed by atoms with van der Waals surface area (Å²) in [6.45, 7) is 0.937. The smallest absolute Gasteiger partial charge is 0.306 e. The number of nitrogens with zero attached hydrogens (tertiary/aromatic N) is 2. The molecule has 286 valence electrons. The molecule has 2 aromatic carbocycles. The number of nitrogens with one attached hydrogen (secondary N) is 2. The monoisotopic (exact) mass is 742 g/mol. The van der Waals surface area contributed by atoms with E-state index in [0.717, 1.165) is 47.9 Å². The van der Waals surface area contributed by atoms with Crippen LogP contribution in [0.5, 0.6) is 23.5 Å². The molecule has 2 unspecified atom stereocenters. The normalized spacial score (nSPS) is 17.0. The molecular formula is C40H46N4O10. The number of aliphatic carboxylic acids is 2. The molecule has 2 heterocycles. The van der Waals surface area contributed by atoms with Gasteiger partial charge in [-0.05, 0) is 71.2 Å². The first-order valence-electron chi connectivity index (χ1n) is 18.0. The zero-order valence-corrected chi connectivity index (χ0v) is 30.3. The number of hydrogen-bond donors (Lipinski definition) is 6. The second kappa shape index (κ2) is 17.7. The predicted molar refractivity (Wildman–Crippen MR) is 197 cm³/mol. The standard InChI is InChI=1S/C40H46N4O10/c1-51-39-23(19-41-21-25(45)17-37(47)48)9-15-35(43-39)53-33-13-11-29-27(5-3-7-31(29)33)28-6-4-8-32-30(28)12-14-34(32)54-36-16-10-24(40(44-36)52-2)20-42-22-26(46)18-38(49)50/h3-10,15-16,25-26,33-34,41-42,45-46H,11-14,17-22H2,1-2H3,(H,47,48)(H,49,50)/t25?,26?,33-,34-/m0/s1. The van der Waals surface area contributed by atoms with E-state index >= 15 is 0 Å². The number of ether oxygens (including phenoxy) is 4. The van der Waals surface area contributed by atoms with E-state index in [1.54, 1.807) is 12.1 Å². The number of benzene rings is 2. The number of methoxy groups -OCH3 is 2. The van der Waals surface area contributed by atoms with Crippen molar-refractivity contribution in [1.29, 1.82) is 0 Å². The van der Waals surface area contributed by atoms with E-state index in [9.17, 15) is 19.8 Å². The fraction of sp³-hybridized carbons (Fsp3) is 0.400. The van der Waals surface area contributed by atoms with Crippen molar-refractivity contribution in [2.75, 3.05) is 27.3 Å². The molecule has 54 heavy (non-hydrogen) atoms. The van der Waals surface area contributed by atoms with Crippen molar-refractivity contribution in [3.8, 4) is 34.6 Å². The van der Waals surface area contributed by atoms with Gasteiger partial charge >= 0.3 is 11.9 Å². The van der Waals surface area contributed by atoms with Gasteiger partial charge in [-0.2, -0.15) is 9.97 Å². The summed E-state index contributed by atoms with van der Waals surface area (Å²) < 4.78 is 23.9. The Morgan fingerprint density at radius 2 is 1.11 bits per heavy atom. The summed E-state index contributed by atoms with van der Waals surface area (Å²) in [5, 5.41) is 43.5.